The van der Waals surface area contributed by atoms with Crippen LogP contribution in [0.15, 0.2) is 30.5 Å². The Bertz CT molecular complexity index is 1080. The van der Waals surface area contributed by atoms with E-state index in [1.807, 2.05) is 25.2 Å². The van der Waals surface area contributed by atoms with Gasteiger partial charge in [-0.2, -0.15) is 0 Å². The van der Waals surface area contributed by atoms with E-state index in [9.17, 15) is 9.90 Å². The molecule has 3 atom stereocenters. The summed E-state index contributed by atoms with van der Waals surface area (Å²) in [5.41, 5.74) is 0.784. The van der Waals surface area contributed by atoms with Gasteiger partial charge in [0, 0.05) is 40.8 Å². The van der Waals surface area contributed by atoms with E-state index >= 15 is 4.39 Å². The maximum absolute atomic E-state index is 15.4. The molecule has 5 nitrogen and oxygen atoms in total. The summed E-state index contributed by atoms with van der Waals surface area (Å²) in [4.78, 5) is 16.5. The molecule has 2 heterocycles. The summed E-state index contributed by atoms with van der Waals surface area (Å²) in [6, 6.07) is 6.15. The highest BCUT2D eigenvalue weighted by molar-refractivity contribution is 6.31. The van der Waals surface area contributed by atoms with E-state index in [2.05, 4.69) is 36.4 Å². The van der Waals surface area contributed by atoms with Gasteiger partial charge in [-0.05, 0) is 60.4 Å². The quantitative estimate of drug-likeness (QED) is 0.455. The molecular weight excluding hydrogens is 464 g/mol. The molecule has 1 aromatic carbocycles. The van der Waals surface area contributed by atoms with Crippen molar-refractivity contribution in [2.45, 2.75) is 69.4 Å². The highest BCUT2D eigenvalue weighted by atomic mass is 35.5. The minimum absolute atomic E-state index is 0.154. The van der Waals surface area contributed by atoms with Crippen LogP contribution in [-0.2, 0) is 10.2 Å². The average Bonchev–Trinajstić information content (AvgIpc) is 3.02. The zero-order valence-corrected chi connectivity index (χ0v) is 20.8. The summed E-state index contributed by atoms with van der Waals surface area (Å²) in [6.45, 7) is 6.54. The van der Waals surface area contributed by atoms with Gasteiger partial charge in [0.2, 0.25) is 0 Å². The molecule has 8 heteroatoms. The summed E-state index contributed by atoms with van der Waals surface area (Å²) in [6.07, 6.45) is 4.83. The lowest BCUT2D eigenvalue weighted by Crippen LogP contribution is -2.57. The third-order valence-corrected chi connectivity index (χ3v) is 8.63. The van der Waals surface area contributed by atoms with Crippen LogP contribution in [-0.4, -0.2) is 34.7 Å². The standard InChI is InChI=1S/C25H30Cl2FN3O2/c1-23(2)8-10-25(11-9-23)24(3,16-6-5-14(26)13-17(16)29-4)18(20(31-25)22(32)33)15-7-12-30-21(27)19(15)28/h5-7,12-13,18,20,29,31H,8-11H2,1-4H3,(H,32,33)/t18-,20+,24?/m0/s1. The lowest BCUT2D eigenvalue weighted by atomic mass is 9.53. The lowest BCUT2D eigenvalue weighted by Gasteiger charge is -2.52. The molecule has 0 bridgehead atoms. The molecule has 178 valence electrons. The van der Waals surface area contributed by atoms with Gasteiger partial charge in [0.25, 0.3) is 0 Å². The van der Waals surface area contributed by atoms with Crippen molar-refractivity contribution < 1.29 is 14.3 Å². The Morgan fingerprint density at radius 3 is 2.45 bits per heavy atom. The molecule has 1 spiro atoms. The van der Waals surface area contributed by atoms with Crippen molar-refractivity contribution in [1.29, 1.82) is 0 Å². The van der Waals surface area contributed by atoms with E-state index in [4.69, 9.17) is 23.2 Å². The number of hydrogen-bond acceptors (Lipinski definition) is 4. The molecule has 3 N–H and O–H groups in total. The van der Waals surface area contributed by atoms with Gasteiger partial charge in [-0.1, -0.05) is 50.0 Å². The second kappa shape index (κ2) is 8.40. The number of carboxylic acid groups (broad SMARTS) is 1. The van der Waals surface area contributed by atoms with Crippen LogP contribution in [0, 0.1) is 11.2 Å². The second-order valence-corrected chi connectivity index (χ2v) is 11.1. The Hall–Kier alpha value is -1.89. The van der Waals surface area contributed by atoms with E-state index in [1.165, 1.54) is 6.20 Å². The minimum atomic E-state index is -1.01. The Morgan fingerprint density at radius 1 is 1.18 bits per heavy atom. The van der Waals surface area contributed by atoms with Gasteiger partial charge in [-0.15, -0.1) is 0 Å². The van der Waals surface area contributed by atoms with Gasteiger partial charge >= 0.3 is 5.97 Å². The largest absolute Gasteiger partial charge is 0.480 e. The van der Waals surface area contributed by atoms with Crippen LogP contribution in [0.25, 0.3) is 0 Å². The van der Waals surface area contributed by atoms with Crippen LogP contribution < -0.4 is 10.6 Å². The van der Waals surface area contributed by atoms with Crippen LogP contribution in [0.3, 0.4) is 0 Å². The molecule has 2 aliphatic rings. The number of anilines is 1. The third-order valence-electron chi connectivity index (χ3n) is 8.13. The number of halogens is 3. The number of nitrogens with zero attached hydrogens (tertiary/aromatic N) is 1. The number of nitrogens with one attached hydrogen (secondary N) is 2. The predicted molar refractivity (Wildman–Crippen MR) is 130 cm³/mol. The zero-order valence-electron chi connectivity index (χ0n) is 19.3. The van der Waals surface area contributed by atoms with Crippen molar-refractivity contribution in [3.63, 3.8) is 0 Å². The number of rotatable bonds is 4. The monoisotopic (exact) mass is 493 g/mol. The maximum atomic E-state index is 15.4. The number of aliphatic carboxylic acids is 1. The zero-order chi connectivity index (χ0) is 24.2. The summed E-state index contributed by atoms with van der Waals surface area (Å²) in [5.74, 6) is -2.40. The molecule has 4 rings (SSSR count). The highest BCUT2D eigenvalue weighted by Crippen LogP contribution is 2.61. The summed E-state index contributed by atoms with van der Waals surface area (Å²) >= 11 is 12.4. The average molecular weight is 494 g/mol. The van der Waals surface area contributed by atoms with Crippen LogP contribution in [0.4, 0.5) is 10.1 Å². The first-order valence-electron chi connectivity index (χ1n) is 11.2. The molecule has 2 fully saturated rings. The number of carbonyl (C=O) groups is 1. The first-order valence-corrected chi connectivity index (χ1v) is 12.0. The fourth-order valence-electron chi connectivity index (χ4n) is 6.15. The van der Waals surface area contributed by atoms with Crippen molar-refractivity contribution in [2.75, 3.05) is 12.4 Å². The van der Waals surface area contributed by atoms with Crippen molar-refractivity contribution in [3.8, 4) is 0 Å². The van der Waals surface area contributed by atoms with E-state index in [0.29, 0.717) is 5.02 Å². The summed E-state index contributed by atoms with van der Waals surface area (Å²) < 4.78 is 15.4. The van der Waals surface area contributed by atoms with Crippen LogP contribution >= 0.6 is 23.2 Å². The topological polar surface area (TPSA) is 74.2 Å². The normalized spacial score (nSPS) is 28.1. The molecular formula is C25H30Cl2FN3O2. The molecule has 1 unspecified atom stereocenters. The molecule has 33 heavy (non-hydrogen) atoms. The van der Waals surface area contributed by atoms with Gasteiger partial charge in [0.05, 0.1) is 0 Å². The SMILES string of the molecule is CNc1cc(Cl)ccc1C1(C)[C@@H](c2ccnc(Cl)c2F)[C@H](C(=O)O)NC12CCC(C)(C)CC2. The van der Waals surface area contributed by atoms with Crippen molar-refractivity contribution in [3.05, 3.63) is 57.6 Å². The Morgan fingerprint density at radius 2 is 1.85 bits per heavy atom. The van der Waals surface area contributed by atoms with Gasteiger partial charge in [0.1, 0.15) is 6.04 Å². The predicted octanol–water partition coefficient (Wildman–Crippen LogP) is 6.01. The molecule has 1 aliphatic heterocycles. The lowest BCUT2D eigenvalue weighted by molar-refractivity contribution is -0.139. The molecule has 2 aromatic rings. The number of pyridine rings is 1. The fraction of sp³-hybridized carbons (Fsp3) is 0.520. The molecule has 1 aliphatic carbocycles. The molecule has 1 saturated carbocycles. The molecule has 0 radical (unpaired) electrons. The van der Waals surface area contributed by atoms with E-state index in [1.54, 1.807) is 6.07 Å². The third kappa shape index (κ3) is 3.80. The first kappa shape index (κ1) is 24.2. The van der Waals surface area contributed by atoms with E-state index in [0.717, 1.165) is 36.9 Å². The number of benzene rings is 1. The maximum Gasteiger partial charge on any atom is 0.321 e. The van der Waals surface area contributed by atoms with Crippen molar-refractivity contribution in [2.24, 2.45) is 5.41 Å². The van der Waals surface area contributed by atoms with E-state index in [-0.39, 0.29) is 16.1 Å². The van der Waals surface area contributed by atoms with E-state index < -0.39 is 34.7 Å². The van der Waals surface area contributed by atoms with Crippen molar-refractivity contribution >= 4 is 34.9 Å². The summed E-state index contributed by atoms with van der Waals surface area (Å²) in [7, 11) is 1.81. The van der Waals surface area contributed by atoms with Crippen LogP contribution in [0.5, 0.6) is 0 Å². The number of carboxylic acids is 1. The first-order chi connectivity index (χ1) is 15.5. The van der Waals surface area contributed by atoms with Crippen LogP contribution in [0.2, 0.25) is 10.2 Å². The number of hydrogen-bond donors (Lipinski definition) is 3. The van der Waals surface area contributed by atoms with Crippen LogP contribution in [0.1, 0.15) is 63.5 Å². The fourth-order valence-corrected chi connectivity index (χ4v) is 6.49. The van der Waals surface area contributed by atoms with Gasteiger partial charge in [-0.3, -0.25) is 10.1 Å². The molecule has 1 aromatic heterocycles. The van der Waals surface area contributed by atoms with Gasteiger partial charge in [-0.25, -0.2) is 9.37 Å². The second-order valence-electron chi connectivity index (χ2n) is 10.3. The Balaban J connectivity index is 2.02. The Labute approximate surface area is 204 Å². The molecule has 0 amide bonds. The van der Waals surface area contributed by atoms with Gasteiger partial charge in [0.15, 0.2) is 11.0 Å². The summed E-state index contributed by atoms with van der Waals surface area (Å²) in [5, 5.41) is 17.3. The number of aromatic nitrogens is 1. The van der Waals surface area contributed by atoms with Crippen molar-refractivity contribution in [1.82, 2.24) is 10.3 Å². The smallest absolute Gasteiger partial charge is 0.321 e. The highest BCUT2D eigenvalue weighted by Gasteiger charge is 2.65. The minimum Gasteiger partial charge on any atom is -0.480 e. The molecule has 1 saturated heterocycles. The van der Waals surface area contributed by atoms with Gasteiger partial charge < -0.3 is 10.4 Å². The Kier molecular flexibility index (Phi) is 6.17.